The minimum absolute atomic E-state index is 0.182. The quantitative estimate of drug-likeness (QED) is 0.749. The highest BCUT2D eigenvalue weighted by Gasteiger charge is 2.14. The molecule has 0 spiro atoms. The van der Waals surface area contributed by atoms with Crippen molar-refractivity contribution in [3.05, 3.63) is 65.1 Å². The molecule has 1 N–H and O–H groups in total. The van der Waals surface area contributed by atoms with Crippen molar-refractivity contribution in [1.82, 2.24) is 9.38 Å². The highest BCUT2D eigenvalue weighted by Crippen LogP contribution is 2.17. The maximum Gasteiger partial charge on any atom is 0.259 e. The van der Waals surface area contributed by atoms with Crippen LogP contribution in [0.5, 0.6) is 0 Å². The van der Waals surface area contributed by atoms with Gasteiger partial charge in [-0.3, -0.25) is 4.79 Å². The van der Waals surface area contributed by atoms with Crippen LogP contribution in [-0.4, -0.2) is 29.0 Å². The Morgan fingerprint density at radius 2 is 2.00 bits per heavy atom. The molecule has 0 aliphatic heterocycles. The fourth-order valence-corrected chi connectivity index (χ4v) is 2.62. The summed E-state index contributed by atoms with van der Waals surface area (Å²) in [5.74, 6) is 5.70. The van der Waals surface area contributed by atoms with Gasteiger partial charge in [0.15, 0.2) is 0 Å². The molecule has 0 atom stereocenters. The first-order chi connectivity index (χ1) is 12.1. The Morgan fingerprint density at radius 3 is 2.72 bits per heavy atom. The van der Waals surface area contributed by atoms with Gasteiger partial charge in [0.05, 0.1) is 5.56 Å². The third kappa shape index (κ3) is 3.70. The van der Waals surface area contributed by atoms with Gasteiger partial charge in [0.25, 0.3) is 5.91 Å². The van der Waals surface area contributed by atoms with Crippen LogP contribution in [0.1, 0.15) is 27.3 Å². The summed E-state index contributed by atoms with van der Waals surface area (Å²) in [7, 11) is 1.61. The van der Waals surface area contributed by atoms with Crippen LogP contribution >= 0.6 is 0 Å². The number of ether oxygens (including phenoxy) is 1. The van der Waals surface area contributed by atoms with Crippen LogP contribution in [0, 0.1) is 25.7 Å². The number of nitrogens with one attached hydrogen (secondary N) is 1. The third-order valence-corrected chi connectivity index (χ3v) is 3.78. The molecular weight excluding hydrogens is 314 g/mol. The largest absolute Gasteiger partial charge is 0.372 e. The summed E-state index contributed by atoms with van der Waals surface area (Å²) >= 11 is 0. The van der Waals surface area contributed by atoms with E-state index in [1.54, 1.807) is 13.2 Å². The van der Waals surface area contributed by atoms with Crippen LogP contribution in [-0.2, 0) is 4.74 Å². The van der Waals surface area contributed by atoms with Crippen molar-refractivity contribution in [3.63, 3.8) is 0 Å². The van der Waals surface area contributed by atoms with Gasteiger partial charge in [0, 0.05) is 35.9 Å². The fraction of sp³-hybridized carbons (Fsp3) is 0.200. The van der Waals surface area contributed by atoms with Gasteiger partial charge in [-0.2, -0.15) is 0 Å². The average Bonchev–Trinajstić information content (AvgIpc) is 3.01. The van der Waals surface area contributed by atoms with E-state index < -0.39 is 0 Å². The van der Waals surface area contributed by atoms with E-state index in [1.165, 1.54) is 0 Å². The lowest BCUT2D eigenvalue weighted by molar-refractivity contribution is 0.102. The molecule has 3 rings (SSSR count). The van der Waals surface area contributed by atoms with Crippen LogP contribution in [0.2, 0.25) is 0 Å². The second kappa shape index (κ2) is 7.20. The molecule has 5 heteroatoms. The summed E-state index contributed by atoms with van der Waals surface area (Å²) in [5, 5.41) is 2.90. The Morgan fingerprint density at radius 1 is 1.24 bits per heavy atom. The number of fused-ring (bicyclic) bond motifs is 1. The molecule has 5 nitrogen and oxygen atoms in total. The Balaban J connectivity index is 1.80. The highest BCUT2D eigenvalue weighted by molar-refractivity contribution is 6.08. The Kier molecular flexibility index (Phi) is 4.82. The zero-order chi connectivity index (χ0) is 17.8. The Labute approximate surface area is 146 Å². The number of aromatic nitrogens is 2. The molecule has 126 valence electrons. The second-order valence-corrected chi connectivity index (χ2v) is 5.73. The van der Waals surface area contributed by atoms with Crippen LogP contribution in [0.3, 0.4) is 0 Å². The predicted octanol–water partition coefficient (Wildman–Crippen LogP) is 3.20. The van der Waals surface area contributed by atoms with E-state index in [4.69, 9.17) is 4.74 Å². The molecule has 1 aromatic carbocycles. The first-order valence-electron chi connectivity index (χ1n) is 7.93. The molecule has 0 radical (unpaired) electrons. The lowest BCUT2D eigenvalue weighted by Crippen LogP contribution is -2.12. The van der Waals surface area contributed by atoms with E-state index in [-0.39, 0.29) is 5.91 Å². The third-order valence-electron chi connectivity index (χ3n) is 3.78. The molecule has 0 aliphatic rings. The van der Waals surface area contributed by atoms with E-state index in [0.29, 0.717) is 23.5 Å². The van der Waals surface area contributed by atoms with Gasteiger partial charge in [-0.15, -0.1) is 0 Å². The first-order valence-corrected chi connectivity index (χ1v) is 7.93. The van der Waals surface area contributed by atoms with Crippen LogP contribution in [0.25, 0.3) is 5.65 Å². The normalized spacial score (nSPS) is 10.4. The lowest BCUT2D eigenvalue weighted by atomic mass is 10.2. The van der Waals surface area contributed by atoms with Crippen molar-refractivity contribution in [1.29, 1.82) is 0 Å². The first kappa shape index (κ1) is 16.7. The molecule has 2 heterocycles. The highest BCUT2D eigenvalue weighted by atomic mass is 16.5. The Hall–Kier alpha value is -3.10. The number of anilines is 1. The zero-order valence-corrected chi connectivity index (χ0v) is 14.5. The van der Waals surface area contributed by atoms with Crippen LogP contribution < -0.4 is 5.32 Å². The van der Waals surface area contributed by atoms with Gasteiger partial charge >= 0.3 is 0 Å². The maximum absolute atomic E-state index is 12.6. The van der Waals surface area contributed by atoms with E-state index in [0.717, 1.165) is 17.0 Å². The van der Waals surface area contributed by atoms with Crippen LogP contribution in [0.4, 0.5) is 5.69 Å². The summed E-state index contributed by atoms with van der Waals surface area (Å²) in [6.07, 6.45) is 1.86. The van der Waals surface area contributed by atoms with Crippen molar-refractivity contribution in [2.75, 3.05) is 19.0 Å². The summed E-state index contributed by atoms with van der Waals surface area (Å²) in [4.78, 5) is 17.1. The predicted molar refractivity (Wildman–Crippen MR) is 97.8 cm³/mol. The fourth-order valence-electron chi connectivity index (χ4n) is 2.62. The maximum atomic E-state index is 12.6. The summed E-state index contributed by atoms with van der Waals surface area (Å²) in [6, 6.07) is 11.2. The van der Waals surface area contributed by atoms with Gasteiger partial charge in [0.2, 0.25) is 0 Å². The number of carbonyl (C=O) groups is 1. The zero-order valence-electron chi connectivity index (χ0n) is 14.5. The molecule has 3 aromatic rings. The standard InChI is InChI=1S/C20H19N3O2/c1-14-13-15(2)23-11-10-18(19(23)21-14)20(24)22-17-8-6-16(7-9-17)5-4-12-25-3/h6-11,13H,12H2,1-3H3,(H,22,24). The average molecular weight is 333 g/mol. The number of aryl methyl sites for hydroxylation is 2. The topological polar surface area (TPSA) is 55.6 Å². The van der Waals surface area contributed by atoms with Crippen molar-refractivity contribution < 1.29 is 9.53 Å². The van der Waals surface area contributed by atoms with Gasteiger partial charge < -0.3 is 14.5 Å². The summed E-state index contributed by atoms with van der Waals surface area (Å²) in [6.45, 7) is 4.31. The monoisotopic (exact) mass is 333 g/mol. The lowest BCUT2D eigenvalue weighted by Gasteiger charge is -2.06. The molecule has 0 unspecified atom stereocenters. The molecule has 0 saturated carbocycles. The number of methoxy groups -OCH3 is 1. The molecular formula is C20H19N3O2. The summed E-state index contributed by atoms with van der Waals surface area (Å²) in [5.41, 5.74) is 4.73. The molecule has 0 bridgehead atoms. The van der Waals surface area contributed by atoms with Crippen LogP contribution in [0.15, 0.2) is 42.6 Å². The number of benzene rings is 1. The molecule has 0 saturated heterocycles. The smallest absolute Gasteiger partial charge is 0.259 e. The van der Waals surface area contributed by atoms with Gasteiger partial charge in [-0.25, -0.2) is 4.98 Å². The van der Waals surface area contributed by atoms with E-state index in [1.807, 2.05) is 54.8 Å². The molecule has 1 amide bonds. The van der Waals surface area contributed by atoms with Gasteiger partial charge in [-0.1, -0.05) is 11.8 Å². The molecule has 0 fully saturated rings. The molecule has 2 aromatic heterocycles. The molecule has 25 heavy (non-hydrogen) atoms. The number of hydrogen-bond acceptors (Lipinski definition) is 3. The number of nitrogens with zero attached hydrogens (tertiary/aromatic N) is 2. The van der Waals surface area contributed by atoms with Crippen molar-refractivity contribution in [2.45, 2.75) is 13.8 Å². The molecule has 0 aliphatic carbocycles. The van der Waals surface area contributed by atoms with Crippen molar-refractivity contribution >= 4 is 17.2 Å². The van der Waals surface area contributed by atoms with E-state index >= 15 is 0 Å². The van der Waals surface area contributed by atoms with Crippen molar-refractivity contribution in [2.24, 2.45) is 0 Å². The Bertz CT molecular complexity index is 976. The van der Waals surface area contributed by atoms with Gasteiger partial charge in [-0.05, 0) is 50.2 Å². The number of amides is 1. The van der Waals surface area contributed by atoms with Gasteiger partial charge in [0.1, 0.15) is 12.3 Å². The van der Waals surface area contributed by atoms with E-state index in [9.17, 15) is 4.79 Å². The van der Waals surface area contributed by atoms with Crippen molar-refractivity contribution in [3.8, 4) is 11.8 Å². The minimum atomic E-state index is -0.182. The number of carbonyl (C=O) groups excluding carboxylic acids is 1. The number of hydrogen-bond donors (Lipinski definition) is 1. The second-order valence-electron chi connectivity index (χ2n) is 5.73. The SMILES string of the molecule is COCC#Cc1ccc(NC(=O)c2ccn3c(C)cc(C)nc23)cc1. The minimum Gasteiger partial charge on any atom is -0.372 e. The summed E-state index contributed by atoms with van der Waals surface area (Å²) < 4.78 is 6.81. The number of rotatable bonds is 3. The van der Waals surface area contributed by atoms with E-state index in [2.05, 4.69) is 22.1 Å².